The van der Waals surface area contributed by atoms with Gasteiger partial charge in [-0.1, -0.05) is 6.07 Å². The van der Waals surface area contributed by atoms with Crippen LogP contribution in [0.2, 0.25) is 0 Å². The number of rotatable bonds is 7. The third-order valence-corrected chi connectivity index (χ3v) is 3.90. The lowest BCUT2D eigenvalue weighted by atomic mass is 10.1. The molecular weight excluding hydrogens is 344 g/mol. The number of nitrogens with one attached hydrogen (secondary N) is 2. The molecule has 0 aliphatic heterocycles. The molecule has 8 heteroatoms. The van der Waals surface area contributed by atoms with Gasteiger partial charge < -0.3 is 14.8 Å². The maximum absolute atomic E-state index is 12.3. The van der Waals surface area contributed by atoms with Crippen LogP contribution < -0.4 is 19.5 Å². The van der Waals surface area contributed by atoms with Gasteiger partial charge in [-0.25, -0.2) is 8.42 Å². The van der Waals surface area contributed by atoms with E-state index in [0.717, 1.165) is 11.8 Å². The lowest BCUT2D eigenvalue weighted by molar-refractivity contribution is 0.0951. The van der Waals surface area contributed by atoms with Crippen LogP contribution in [0.5, 0.6) is 11.5 Å². The molecule has 1 amide bonds. The van der Waals surface area contributed by atoms with Crippen LogP contribution in [0.3, 0.4) is 0 Å². The van der Waals surface area contributed by atoms with Gasteiger partial charge in [0, 0.05) is 23.9 Å². The molecule has 0 bridgehead atoms. The Kier molecular flexibility index (Phi) is 5.87. The van der Waals surface area contributed by atoms with Gasteiger partial charge in [0.1, 0.15) is 11.5 Å². The molecule has 0 saturated heterocycles. The summed E-state index contributed by atoms with van der Waals surface area (Å²) in [6, 6.07) is 11.6. The van der Waals surface area contributed by atoms with E-state index in [2.05, 4.69) is 10.0 Å². The topological polar surface area (TPSA) is 93.7 Å². The molecule has 2 aromatic carbocycles. The second-order valence-corrected chi connectivity index (χ2v) is 7.11. The minimum absolute atomic E-state index is 0.274. The predicted octanol–water partition coefficient (Wildman–Crippen LogP) is 2.01. The number of hydrogen-bond acceptors (Lipinski definition) is 5. The van der Waals surface area contributed by atoms with Crippen molar-refractivity contribution >= 4 is 21.6 Å². The molecule has 0 saturated carbocycles. The maximum Gasteiger partial charge on any atom is 0.251 e. The van der Waals surface area contributed by atoms with E-state index in [1.807, 2.05) is 0 Å². The van der Waals surface area contributed by atoms with Gasteiger partial charge in [0.2, 0.25) is 10.0 Å². The van der Waals surface area contributed by atoms with E-state index in [4.69, 9.17) is 9.47 Å². The van der Waals surface area contributed by atoms with Crippen molar-refractivity contribution in [2.75, 3.05) is 25.2 Å². The quantitative estimate of drug-likeness (QED) is 0.784. The van der Waals surface area contributed by atoms with Crippen molar-refractivity contribution in [1.82, 2.24) is 5.32 Å². The number of sulfonamides is 1. The molecule has 2 rings (SSSR count). The van der Waals surface area contributed by atoms with Gasteiger partial charge in [-0.2, -0.15) is 0 Å². The van der Waals surface area contributed by atoms with Crippen molar-refractivity contribution < 1.29 is 22.7 Å². The van der Waals surface area contributed by atoms with Gasteiger partial charge in [-0.05, 0) is 35.9 Å². The smallest absolute Gasteiger partial charge is 0.251 e. The van der Waals surface area contributed by atoms with Crippen LogP contribution in [-0.4, -0.2) is 34.8 Å². The molecule has 25 heavy (non-hydrogen) atoms. The Morgan fingerprint density at radius 3 is 2.24 bits per heavy atom. The molecule has 7 nitrogen and oxygen atoms in total. The van der Waals surface area contributed by atoms with E-state index < -0.39 is 10.0 Å². The zero-order chi connectivity index (χ0) is 18.4. The first kappa shape index (κ1) is 18.6. The van der Waals surface area contributed by atoms with E-state index in [9.17, 15) is 13.2 Å². The summed E-state index contributed by atoms with van der Waals surface area (Å²) in [5.74, 6) is 0.935. The molecular formula is C17H20N2O5S. The van der Waals surface area contributed by atoms with Gasteiger partial charge in [0.05, 0.1) is 20.5 Å². The highest BCUT2D eigenvalue weighted by atomic mass is 32.2. The zero-order valence-corrected chi connectivity index (χ0v) is 15.0. The summed E-state index contributed by atoms with van der Waals surface area (Å²) in [4.78, 5) is 12.3. The number of amides is 1. The highest BCUT2D eigenvalue weighted by molar-refractivity contribution is 7.92. The molecule has 2 aromatic rings. The molecule has 0 aliphatic carbocycles. The normalized spacial score (nSPS) is 10.8. The van der Waals surface area contributed by atoms with Gasteiger partial charge in [0.25, 0.3) is 5.91 Å². The van der Waals surface area contributed by atoms with Crippen LogP contribution in [0, 0.1) is 0 Å². The number of carbonyl (C=O) groups is 1. The van der Waals surface area contributed by atoms with Crippen molar-refractivity contribution in [2.24, 2.45) is 0 Å². The van der Waals surface area contributed by atoms with E-state index in [-0.39, 0.29) is 12.5 Å². The Morgan fingerprint density at radius 1 is 1.04 bits per heavy atom. The average Bonchev–Trinajstić information content (AvgIpc) is 2.58. The van der Waals surface area contributed by atoms with Crippen LogP contribution in [-0.2, 0) is 16.6 Å². The minimum atomic E-state index is -3.40. The summed E-state index contributed by atoms with van der Waals surface area (Å²) < 4.78 is 35.3. The number of carbonyl (C=O) groups excluding carboxylic acids is 1. The lowest BCUT2D eigenvalue weighted by Crippen LogP contribution is -2.23. The molecule has 0 aliphatic rings. The second-order valence-electron chi connectivity index (χ2n) is 5.36. The largest absolute Gasteiger partial charge is 0.497 e. The number of anilines is 1. The molecule has 0 unspecified atom stereocenters. The monoisotopic (exact) mass is 364 g/mol. The van der Waals surface area contributed by atoms with E-state index >= 15 is 0 Å². The Bertz CT molecular complexity index is 843. The number of hydrogen-bond donors (Lipinski definition) is 2. The molecule has 0 radical (unpaired) electrons. The minimum Gasteiger partial charge on any atom is -0.497 e. The molecule has 0 aromatic heterocycles. The SMILES string of the molecule is COc1cc(CNC(=O)c2cccc(NS(C)(=O)=O)c2)cc(OC)c1. The molecule has 2 N–H and O–H groups in total. The van der Waals surface area contributed by atoms with Crippen LogP contribution >= 0.6 is 0 Å². The Morgan fingerprint density at radius 2 is 1.68 bits per heavy atom. The lowest BCUT2D eigenvalue weighted by Gasteiger charge is -2.10. The summed E-state index contributed by atoms with van der Waals surface area (Å²) in [5.41, 5.74) is 1.50. The fraction of sp³-hybridized carbons (Fsp3) is 0.235. The second kappa shape index (κ2) is 7.89. The van der Waals surface area contributed by atoms with Crippen molar-refractivity contribution in [3.63, 3.8) is 0 Å². The standard InChI is InChI=1S/C17H20N2O5S/c1-23-15-7-12(8-16(10-15)24-2)11-18-17(20)13-5-4-6-14(9-13)19-25(3,21)22/h4-10,19H,11H2,1-3H3,(H,18,20). The van der Waals surface area contributed by atoms with Gasteiger partial charge in [-0.3, -0.25) is 9.52 Å². The highest BCUT2D eigenvalue weighted by Gasteiger charge is 2.09. The predicted molar refractivity (Wildman–Crippen MR) is 95.6 cm³/mol. The Hall–Kier alpha value is -2.74. The first-order chi connectivity index (χ1) is 11.8. The fourth-order valence-corrected chi connectivity index (χ4v) is 2.75. The molecule has 0 heterocycles. The van der Waals surface area contributed by atoms with Crippen molar-refractivity contribution in [1.29, 1.82) is 0 Å². The molecule has 134 valence electrons. The summed E-state index contributed by atoms with van der Waals surface area (Å²) in [7, 11) is -0.294. The Labute approximate surface area is 147 Å². The van der Waals surface area contributed by atoms with Gasteiger partial charge in [-0.15, -0.1) is 0 Å². The number of methoxy groups -OCH3 is 2. The van der Waals surface area contributed by atoms with Crippen molar-refractivity contribution in [3.8, 4) is 11.5 Å². The average molecular weight is 364 g/mol. The van der Waals surface area contributed by atoms with Crippen LogP contribution in [0.25, 0.3) is 0 Å². The fourth-order valence-electron chi connectivity index (χ4n) is 2.19. The van der Waals surface area contributed by atoms with E-state index in [1.165, 1.54) is 6.07 Å². The third kappa shape index (κ3) is 5.68. The third-order valence-electron chi connectivity index (χ3n) is 3.29. The first-order valence-electron chi connectivity index (χ1n) is 7.39. The van der Waals surface area contributed by atoms with Gasteiger partial charge >= 0.3 is 0 Å². The van der Waals surface area contributed by atoms with Crippen LogP contribution in [0.15, 0.2) is 42.5 Å². The maximum atomic E-state index is 12.3. The van der Waals surface area contributed by atoms with Crippen molar-refractivity contribution in [2.45, 2.75) is 6.54 Å². The first-order valence-corrected chi connectivity index (χ1v) is 9.28. The van der Waals surface area contributed by atoms with E-state index in [1.54, 1.807) is 50.6 Å². The number of benzene rings is 2. The molecule has 0 atom stereocenters. The summed E-state index contributed by atoms with van der Waals surface area (Å²) in [5, 5.41) is 2.78. The summed E-state index contributed by atoms with van der Waals surface area (Å²) in [6.45, 7) is 0.274. The van der Waals surface area contributed by atoms with Gasteiger partial charge in [0.15, 0.2) is 0 Å². The zero-order valence-electron chi connectivity index (χ0n) is 14.2. The van der Waals surface area contributed by atoms with Crippen molar-refractivity contribution in [3.05, 3.63) is 53.6 Å². The Balaban J connectivity index is 2.09. The van der Waals surface area contributed by atoms with Crippen LogP contribution in [0.1, 0.15) is 15.9 Å². The summed E-state index contributed by atoms with van der Waals surface area (Å²) in [6.07, 6.45) is 1.05. The van der Waals surface area contributed by atoms with Crippen LogP contribution in [0.4, 0.5) is 5.69 Å². The van der Waals surface area contributed by atoms with E-state index in [0.29, 0.717) is 22.7 Å². The summed E-state index contributed by atoms with van der Waals surface area (Å²) >= 11 is 0. The highest BCUT2D eigenvalue weighted by Crippen LogP contribution is 2.22. The molecule has 0 fully saturated rings. The number of ether oxygens (including phenoxy) is 2. The molecule has 0 spiro atoms.